The van der Waals surface area contributed by atoms with Gasteiger partial charge in [0.1, 0.15) is 11.5 Å². The number of fused-ring (bicyclic) bond motifs is 7. The van der Waals surface area contributed by atoms with Crippen molar-refractivity contribution in [1.82, 2.24) is 19.5 Å². The van der Waals surface area contributed by atoms with Gasteiger partial charge in [0.2, 0.25) is 0 Å². The first-order chi connectivity index (χ1) is 18.8. The second-order valence-electron chi connectivity index (χ2n) is 9.58. The molecule has 0 bridgehead atoms. The Balaban J connectivity index is 1.49. The molecule has 180 valence electrons. The predicted molar refractivity (Wildman–Crippen MR) is 158 cm³/mol. The van der Waals surface area contributed by atoms with Crippen LogP contribution in [0, 0.1) is 0 Å². The van der Waals surface area contributed by atoms with Crippen molar-refractivity contribution < 1.29 is 0 Å². The van der Waals surface area contributed by atoms with Gasteiger partial charge >= 0.3 is 0 Å². The van der Waals surface area contributed by atoms with Gasteiger partial charge in [-0.1, -0.05) is 91.0 Å². The summed E-state index contributed by atoms with van der Waals surface area (Å²) in [7, 11) is 0. The summed E-state index contributed by atoms with van der Waals surface area (Å²) in [6, 6.07) is 31.2. The van der Waals surface area contributed by atoms with Crippen LogP contribution in [-0.2, 0) is 0 Å². The Morgan fingerprint density at radius 2 is 1.45 bits per heavy atom. The maximum Gasteiger partial charge on any atom is 0.162 e. The Labute approximate surface area is 222 Å². The van der Waals surface area contributed by atoms with E-state index in [4.69, 9.17) is 15.0 Å². The molecule has 4 aromatic heterocycles. The van der Waals surface area contributed by atoms with Crippen molar-refractivity contribution in [3.05, 3.63) is 107 Å². The van der Waals surface area contributed by atoms with Crippen LogP contribution in [0.1, 0.15) is 12.8 Å². The zero-order chi connectivity index (χ0) is 25.1. The average Bonchev–Trinajstić information content (AvgIpc) is 3.53. The van der Waals surface area contributed by atoms with Gasteiger partial charge in [-0.25, -0.2) is 15.0 Å². The Bertz CT molecular complexity index is 2070. The molecular formula is C33H22N4S. The van der Waals surface area contributed by atoms with E-state index in [1.165, 1.54) is 30.6 Å². The molecule has 4 nitrogen and oxygen atoms in total. The van der Waals surface area contributed by atoms with Crippen molar-refractivity contribution in [1.29, 1.82) is 0 Å². The Morgan fingerprint density at radius 1 is 0.711 bits per heavy atom. The van der Waals surface area contributed by atoms with Gasteiger partial charge in [-0.05, 0) is 24.1 Å². The quantitative estimate of drug-likeness (QED) is 0.263. The number of nitrogens with zero attached hydrogens (tertiary/aromatic N) is 4. The zero-order valence-corrected chi connectivity index (χ0v) is 21.3. The molecule has 0 saturated carbocycles. The Morgan fingerprint density at radius 3 is 2.29 bits per heavy atom. The molecule has 0 radical (unpaired) electrons. The molecule has 0 fully saturated rings. The molecule has 0 aliphatic heterocycles. The van der Waals surface area contributed by atoms with Crippen molar-refractivity contribution in [2.75, 3.05) is 0 Å². The molecule has 5 heteroatoms. The number of hydrogen-bond donors (Lipinski definition) is 0. The lowest BCUT2D eigenvalue weighted by molar-refractivity contribution is 1.03. The van der Waals surface area contributed by atoms with Gasteiger partial charge in [0.15, 0.2) is 5.82 Å². The highest BCUT2D eigenvalue weighted by Gasteiger charge is 2.20. The van der Waals surface area contributed by atoms with Gasteiger partial charge in [-0.2, -0.15) is 0 Å². The van der Waals surface area contributed by atoms with Gasteiger partial charge < -0.3 is 0 Å². The van der Waals surface area contributed by atoms with Gasteiger partial charge in [0, 0.05) is 48.8 Å². The molecule has 1 aliphatic rings. The molecule has 3 aromatic carbocycles. The summed E-state index contributed by atoms with van der Waals surface area (Å²) in [5, 5.41) is 4.97. The molecule has 1 aliphatic carbocycles. The lowest BCUT2D eigenvalue weighted by Gasteiger charge is -2.11. The van der Waals surface area contributed by atoms with Crippen LogP contribution in [0.4, 0.5) is 0 Å². The fraction of sp³-hybridized carbons (Fsp3) is 0.0606. The summed E-state index contributed by atoms with van der Waals surface area (Å²) < 4.78 is 4.86. The summed E-state index contributed by atoms with van der Waals surface area (Å²) in [5.41, 5.74) is 4.95. The number of benzene rings is 3. The average molecular weight is 507 g/mol. The number of para-hydroxylation sites is 1. The second-order valence-corrected chi connectivity index (χ2v) is 10.6. The van der Waals surface area contributed by atoms with E-state index >= 15 is 0 Å². The number of aromatic nitrogens is 4. The molecule has 0 atom stereocenters. The maximum atomic E-state index is 5.12. The van der Waals surface area contributed by atoms with E-state index in [0.717, 1.165) is 46.6 Å². The summed E-state index contributed by atoms with van der Waals surface area (Å²) in [6.45, 7) is 0. The number of hydrogen-bond acceptors (Lipinski definition) is 4. The summed E-state index contributed by atoms with van der Waals surface area (Å²) in [6.07, 6.45) is 8.97. The van der Waals surface area contributed by atoms with Crippen LogP contribution in [0.3, 0.4) is 0 Å². The highest BCUT2D eigenvalue weighted by atomic mass is 32.1. The highest BCUT2D eigenvalue weighted by molar-refractivity contribution is 7.18. The minimum absolute atomic E-state index is 0.699. The van der Waals surface area contributed by atoms with E-state index in [9.17, 15) is 0 Å². The third-order valence-electron chi connectivity index (χ3n) is 7.29. The lowest BCUT2D eigenvalue weighted by Crippen LogP contribution is -2.20. The molecule has 0 unspecified atom stereocenters. The third kappa shape index (κ3) is 3.25. The van der Waals surface area contributed by atoms with Gasteiger partial charge in [0.25, 0.3) is 0 Å². The topological polar surface area (TPSA) is 43.6 Å². The van der Waals surface area contributed by atoms with E-state index in [2.05, 4.69) is 77.5 Å². The van der Waals surface area contributed by atoms with E-state index in [1.807, 2.05) is 47.7 Å². The SMILES string of the molecule is C1=c2sc3c(cnc4c3c3ccccc3n4-c3cc(-c4ccccc4)nc(-c4ccccc4)n3)c2=CCC1. The van der Waals surface area contributed by atoms with Gasteiger partial charge in [-0.3, -0.25) is 4.57 Å². The maximum absolute atomic E-state index is 5.12. The molecule has 0 saturated heterocycles. The van der Waals surface area contributed by atoms with Crippen molar-refractivity contribution in [3.8, 4) is 28.5 Å². The van der Waals surface area contributed by atoms with E-state index in [0.29, 0.717) is 5.82 Å². The number of rotatable bonds is 3. The molecule has 38 heavy (non-hydrogen) atoms. The van der Waals surface area contributed by atoms with Crippen molar-refractivity contribution in [2.24, 2.45) is 0 Å². The highest BCUT2D eigenvalue weighted by Crippen LogP contribution is 2.36. The van der Waals surface area contributed by atoms with Crippen LogP contribution in [0.25, 0.3) is 72.6 Å². The van der Waals surface area contributed by atoms with Crippen LogP contribution >= 0.6 is 11.3 Å². The first kappa shape index (κ1) is 21.5. The largest absolute Gasteiger partial charge is 0.278 e. The molecule has 7 aromatic rings. The Hall–Kier alpha value is -4.61. The first-order valence-corrected chi connectivity index (χ1v) is 13.7. The fourth-order valence-corrected chi connectivity index (χ4v) is 6.85. The van der Waals surface area contributed by atoms with Gasteiger partial charge in [0.05, 0.1) is 11.2 Å². The smallest absolute Gasteiger partial charge is 0.162 e. The minimum Gasteiger partial charge on any atom is -0.278 e. The molecule has 4 heterocycles. The van der Waals surface area contributed by atoms with Crippen molar-refractivity contribution >= 4 is 55.5 Å². The van der Waals surface area contributed by atoms with Crippen LogP contribution in [0.5, 0.6) is 0 Å². The summed E-state index contributed by atoms with van der Waals surface area (Å²) in [4.78, 5) is 15.2. The van der Waals surface area contributed by atoms with E-state index in [-0.39, 0.29) is 0 Å². The first-order valence-electron chi connectivity index (χ1n) is 12.9. The van der Waals surface area contributed by atoms with Crippen molar-refractivity contribution in [3.63, 3.8) is 0 Å². The molecule has 0 amide bonds. The standard InChI is InChI=1S/C33H22N4S/c1-3-11-21(12-4-1)26-19-29(36-32(35-26)22-13-5-2-6-14-22)37-27-17-9-7-16-24(27)30-31-25(20-34-33(30)37)23-15-8-10-18-28(23)38-31/h1-7,9,11-20H,8,10H2. The monoisotopic (exact) mass is 506 g/mol. The van der Waals surface area contributed by atoms with Crippen LogP contribution < -0.4 is 9.75 Å². The van der Waals surface area contributed by atoms with Crippen LogP contribution in [0.15, 0.2) is 97.2 Å². The lowest BCUT2D eigenvalue weighted by atomic mass is 10.1. The number of thiophene rings is 1. The number of pyridine rings is 1. The summed E-state index contributed by atoms with van der Waals surface area (Å²) in [5.74, 6) is 1.51. The third-order valence-corrected chi connectivity index (χ3v) is 8.53. The fourth-order valence-electron chi connectivity index (χ4n) is 5.55. The zero-order valence-electron chi connectivity index (χ0n) is 20.5. The predicted octanol–water partition coefficient (Wildman–Crippen LogP) is 6.87. The van der Waals surface area contributed by atoms with Crippen molar-refractivity contribution in [2.45, 2.75) is 12.8 Å². The normalized spacial score (nSPS) is 12.9. The molecule has 0 N–H and O–H groups in total. The summed E-state index contributed by atoms with van der Waals surface area (Å²) >= 11 is 1.88. The van der Waals surface area contributed by atoms with Gasteiger partial charge in [-0.15, -0.1) is 11.3 Å². The van der Waals surface area contributed by atoms with Crippen LogP contribution in [0.2, 0.25) is 0 Å². The molecular weight excluding hydrogens is 484 g/mol. The molecule has 0 spiro atoms. The van der Waals surface area contributed by atoms with E-state index < -0.39 is 0 Å². The minimum atomic E-state index is 0.699. The van der Waals surface area contributed by atoms with E-state index in [1.54, 1.807) is 0 Å². The van der Waals surface area contributed by atoms with Crippen LogP contribution in [-0.4, -0.2) is 19.5 Å². The second kappa shape index (κ2) is 8.47. The Kier molecular flexibility index (Phi) is 4.79. The molecule has 8 rings (SSSR count).